The van der Waals surface area contributed by atoms with Gasteiger partial charge in [0, 0.05) is 31.0 Å². The number of benzene rings is 1. The number of anilines is 1. The Labute approximate surface area is 135 Å². The maximum absolute atomic E-state index is 12.5. The van der Waals surface area contributed by atoms with Gasteiger partial charge in [0.05, 0.1) is 5.69 Å². The van der Waals surface area contributed by atoms with E-state index < -0.39 is 6.04 Å². The summed E-state index contributed by atoms with van der Waals surface area (Å²) in [6.45, 7) is 2.59. The van der Waals surface area contributed by atoms with E-state index in [0.29, 0.717) is 25.1 Å². The fourth-order valence-corrected chi connectivity index (χ4v) is 2.92. The number of carbonyl (C=O) groups excluding carboxylic acids is 2. The van der Waals surface area contributed by atoms with Gasteiger partial charge < -0.3 is 10.2 Å². The van der Waals surface area contributed by atoms with E-state index in [1.54, 1.807) is 15.8 Å². The smallest absolute Gasteiger partial charge is 0.247 e. The first kappa shape index (κ1) is 15.3. The molecule has 2 heterocycles. The number of hydrogen-bond donors (Lipinski definition) is 1. The summed E-state index contributed by atoms with van der Waals surface area (Å²) >= 11 is 0. The molecule has 1 N–H and O–H groups in total. The molecule has 0 saturated carbocycles. The monoisotopic (exact) mass is 312 g/mol. The van der Waals surface area contributed by atoms with Crippen LogP contribution in [0.2, 0.25) is 0 Å². The van der Waals surface area contributed by atoms with Gasteiger partial charge in [-0.15, -0.1) is 0 Å². The van der Waals surface area contributed by atoms with Crippen LogP contribution in [0.25, 0.3) is 5.69 Å². The van der Waals surface area contributed by atoms with Crippen molar-refractivity contribution >= 4 is 17.5 Å². The molecule has 0 radical (unpaired) electrons. The molecule has 1 aliphatic rings. The summed E-state index contributed by atoms with van der Waals surface area (Å²) in [6.07, 6.45) is 5.53. The molecule has 2 amide bonds. The van der Waals surface area contributed by atoms with Crippen LogP contribution in [0.3, 0.4) is 0 Å². The Morgan fingerprint density at radius 2 is 2.26 bits per heavy atom. The van der Waals surface area contributed by atoms with Gasteiger partial charge in [0.25, 0.3) is 0 Å². The average molecular weight is 312 g/mol. The van der Waals surface area contributed by atoms with Crippen molar-refractivity contribution in [3.63, 3.8) is 0 Å². The predicted molar refractivity (Wildman–Crippen MR) is 87.2 cm³/mol. The van der Waals surface area contributed by atoms with E-state index in [0.717, 1.165) is 12.1 Å². The zero-order valence-corrected chi connectivity index (χ0v) is 13.1. The molecule has 0 spiro atoms. The summed E-state index contributed by atoms with van der Waals surface area (Å²) in [6, 6.07) is 8.93. The second-order valence-electron chi connectivity index (χ2n) is 5.60. The number of carbonyl (C=O) groups is 2. The number of likely N-dealkylation sites (tertiary alicyclic amines) is 1. The van der Waals surface area contributed by atoms with Crippen molar-refractivity contribution in [2.45, 2.75) is 32.2 Å². The number of nitrogens with one attached hydrogen (secondary N) is 1. The van der Waals surface area contributed by atoms with Crippen LogP contribution in [0.1, 0.15) is 26.2 Å². The molecule has 2 aromatic rings. The first-order valence-corrected chi connectivity index (χ1v) is 7.89. The highest BCUT2D eigenvalue weighted by Crippen LogP contribution is 2.19. The van der Waals surface area contributed by atoms with Gasteiger partial charge in [0.15, 0.2) is 0 Å². The minimum absolute atomic E-state index is 0.0669. The molecular formula is C17H20N4O2. The van der Waals surface area contributed by atoms with Crippen LogP contribution in [0.5, 0.6) is 0 Å². The van der Waals surface area contributed by atoms with Gasteiger partial charge in [-0.1, -0.05) is 13.0 Å². The lowest BCUT2D eigenvalue weighted by Gasteiger charge is -2.25. The van der Waals surface area contributed by atoms with Crippen molar-refractivity contribution in [3.8, 4) is 5.69 Å². The SMILES string of the molecule is CCC(C(=O)Nc1cccc(-n2cccn2)c1)N1CCCC1=O. The number of aromatic nitrogens is 2. The molecule has 23 heavy (non-hydrogen) atoms. The Balaban J connectivity index is 1.74. The summed E-state index contributed by atoms with van der Waals surface area (Å²) < 4.78 is 1.73. The fraction of sp³-hybridized carbons (Fsp3) is 0.353. The third kappa shape index (κ3) is 3.26. The van der Waals surface area contributed by atoms with Crippen LogP contribution >= 0.6 is 0 Å². The van der Waals surface area contributed by atoms with E-state index in [1.807, 2.05) is 43.5 Å². The van der Waals surface area contributed by atoms with E-state index >= 15 is 0 Å². The molecule has 6 nitrogen and oxygen atoms in total. The minimum atomic E-state index is -0.404. The lowest BCUT2D eigenvalue weighted by Crippen LogP contribution is -2.44. The van der Waals surface area contributed by atoms with E-state index in [1.165, 1.54) is 0 Å². The quantitative estimate of drug-likeness (QED) is 0.920. The molecule has 6 heteroatoms. The third-order valence-electron chi connectivity index (χ3n) is 4.06. The van der Waals surface area contributed by atoms with Crippen LogP contribution in [-0.2, 0) is 9.59 Å². The highest BCUT2D eigenvalue weighted by molar-refractivity contribution is 5.97. The summed E-state index contributed by atoms with van der Waals surface area (Å²) in [4.78, 5) is 26.1. The van der Waals surface area contributed by atoms with Crippen LogP contribution in [0.15, 0.2) is 42.7 Å². The Bertz CT molecular complexity index is 696. The van der Waals surface area contributed by atoms with Crippen LogP contribution in [-0.4, -0.2) is 39.1 Å². The summed E-state index contributed by atoms with van der Waals surface area (Å²) in [7, 11) is 0. The molecular weight excluding hydrogens is 292 g/mol. The van der Waals surface area contributed by atoms with Gasteiger partial charge in [-0.25, -0.2) is 4.68 Å². The Morgan fingerprint density at radius 1 is 1.39 bits per heavy atom. The highest BCUT2D eigenvalue weighted by atomic mass is 16.2. The first-order valence-electron chi connectivity index (χ1n) is 7.89. The average Bonchev–Trinajstić information content (AvgIpc) is 3.21. The lowest BCUT2D eigenvalue weighted by atomic mass is 10.1. The molecule has 1 saturated heterocycles. The molecule has 3 rings (SSSR count). The van der Waals surface area contributed by atoms with Gasteiger partial charge in [-0.2, -0.15) is 5.10 Å². The van der Waals surface area contributed by atoms with Crippen molar-refractivity contribution in [2.75, 3.05) is 11.9 Å². The molecule has 1 fully saturated rings. The maximum Gasteiger partial charge on any atom is 0.247 e. The van der Waals surface area contributed by atoms with Gasteiger partial charge >= 0.3 is 0 Å². The van der Waals surface area contributed by atoms with E-state index in [-0.39, 0.29) is 11.8 Å². The highest BCUT2D eigenvalue weighted by Gasteiger charge is 2.31. The predicted octanol–water partition coefficient (Wildman–Crippen LogP) is 2.21. The zero-order chi connectivity index (χ0) is 16.2. The van der Waals surface area contributed by atoms with Crippen LogP contribution < -0.4 is 5.32 Å². The normalized spacial score (nSPS) is 15.7. The fourth-order valence-electron chi connectivity index (χ4n) is 2.92. The van der Waals surface area contributed by atoms with Gasteiger partial charge in [-0.05, 0) is 37.1 Å². The molecule has 1 unspecified atom stereocenters. The van der Waals surface area contributed by atoms with E-state index in [4.69, 9.17) is 0 Å². The van der Waals surface area contributed by atoms with E-state index in [9.17, 15) is 9.59 Å². The second kappa shape index (κ2) is 6.64. The van der Waals surface area contributed by atoms with Crippen molar-refractivity contribution in [1.29, 1.82) is 0 Å². The molecule has 120 valence electrons. The topological polar surface area (TPSA) is 67.2 Å². The molecule has 1 aromatic heterocycles. The van der Waals surface area contributed by atoms with E-state index in [2.05, 4.69) is 10.4 Å². The van der Waals surface area contributed by atoms with Gasteiger partial charge in [-0.3, -0.25) is 9.59 Å². The minimum Gasteiger partial charge on any atom is -0.331 e. The molecule has 1 atom stereocenters. The summed E-state index contributed by atoms with van der Waals surface area (Å²) in [5.41, 5.74) is 1.58. The third-order valence-corrected chi connectivity index (χ3v) is 4.06. The largest absolute Gasteiger partial charge is 0.331 e. The van der Waals surface area contributed by atoms with Gasteiger partial charge in [0.2, 0.25) is 11.8 Å². The van der Waals surface area contributed by atoms with Crippen molar-refractivity contribution in [2.24, 2.45) is 0 Å². The second-order valence-corrected chi connectivity index (χ2v) is 5.60. The molecule has 0 bridgehead atoms. The first-order chi connectivity index (χ1) is 11.2. The number of hydrogen-bond acceptors (Lipinski definition) is 3. The Morgan fingerprint density at radius 3 is 2.91 bits per heavy atom. The number of amides is 2. The number of nitrogens with zero attached hydrogens (tertiary/aromatic N) is 3. The zero-order valence-electron chi connectivity index (χ0n) is 13.1. The summed E-state index contributed by atoms with van der Waals surface area (Å²) in [5, 5.41) is 7.10. The Hall–Kier alpha value is -2.63. The van der Waals surface area contributed by atoms with Crippen molar-refractivity contribution in [1.82, 2.24) is 14.7 Å². The molecule has 1 aromatic carbocycles. The lowest BCUT2D eigenvalue weighted by molar-refractivity contribution is -0.135. The molecule has 1 aliphatic heterocycles. The number of rotatable bonds is 5. The summed E-state index contributed by atoms with van der Waals surface area (Å²) in [5.74, 6) is -0.0716. The standard InChI is InChI=1S/C17H20N4O2/c1-2-15(20-10-4-8-16(20)22)17(23)19-13-6-3-7-14(12-13)21-11-5-9-18-21/h3,5-7,9,11-12,15H,2,4,8,10H2,1H3,(H,19,23). The van der Waals surface area contributed by atoms with Gasteiger partial charge in [0.1, 0.15) is 6.04 Å². The Kier molecular flexibility index (Phi) is 4.41. The van der Waals surface area contributed by atoms with Crippen LogP contribution in [0, 0.1) is 0 Å². The molecule has 0 aliphatic carbocycles. The van der Waals surface area contributed by atoms with Crippen LogP contribution in [0.4, 0.5) is 5.69 Å². The van der Waals surface area contributed by atoms with Crippen molar-refractivity contribution in [3.05, 3.63) is 42.7 Å². The maximum atomic E-state index is 12.5. The van der Waals surface area contributed by atoms with Crippen molar-refractivity contribution < 1.29 is 9.59 Å².